The fourth-order valence-electron chi connectivity index (χ4n) is 1.90. The van der Waals surface area contributed by atoms with Crippen LogP contribution in [-0.4, -0.2) is 27.6 Å². The second kappa shape index (κ2) is 6.17. The number of hydrogen-bond acceptors (Lipinski definition) is 4. The normalized spacial score (nSPS) is 10.6. The van der Waals surface area contributed by atoms with E-state index in [9.17, 15) is 4.79 Å². The molecular formula is C13H18N4O2. The summed E-state index contributed by atoms with van der Waals surface area (Å²) in [5.41, 5.74) is 1.66. The summed E-state index contributed by atoms with van der Waals surface area (Å²) in [4.78, 5) is 18.9. The van der Waals surface area contributed by atoms with Gasteiger partial charge in [0.1, 0.15) is 11.6 Å². The molecule has 0 aliphatic rings. The maximum Gasteiger partial charge on any atom is 0.224 e. The van der Waals surface area contributed by atoms with E-state index in [1.165, 1.54) is 0 Å². The molecule has 0 bridgehead atoms. The van der Waals surface area contributed by atoms with Crippen molar-refractivity contribution < 1.29 is 9.32 Å². The zero-order valence-electron chi connectivity index (χ0n) is 11.2. The summed E-state index contributed by atoms with van der Waals surface area (Å²) < 4.78 is 5.03. The van der Waals surface area contributed by atoms with E-state index in [2.05, 4.69) is 20.4 Å². The van der Waals surface area contributed by atoms with E-state index in [-0.39, 0.29) is 5.91 Å². The van der Waals surface area contributed by atoms with Crippen molar-refractivity contribution in [3.8, 4) is 0 Å². The Bertz CT molecular complexity index is 511. The molecule has 0 atom stereocenters. The van der Waals surface area contributed by atoms with Crippen LogP contribution in [-0.2, 0) is 17.6 Å². The molecule has 2 heterocycles. The molecule has 0 saturated heterocycles. The highest BCUT2D eigenvalue weighted by atomic mass is 16.5. The summed E-state index contributed by atoms with van der Waals surface area (Å²) in [5.74, 6) is 1.65. The minimum absolute atomic E-state index is 0.00570. The zero-order valence-corrected chi connectivity index (χ0v) is 11.2. The number of aryl methyl sites for hydroxylation is 3. The molecule has 0 spiro atoms. The first-order chi connectivity index (χ1) is 9.16. The summed E-state index contributed by atoms with van der Waals surface area (Å²) >= 11 is 0. The summed E-state index contributed by atoms with van der Waals surface area (Å²) in [6, 6.07) is 0. The predicted molar refractivity (Wildman–Crippen MR) is 69.6 cm³/mol. The highest BCUT2D eigenvalue weighted by Crippen LogP contribution is 2.12. The van der Waals surface area contributed by atoms with Gasteiger partial charge in [-0.2, -0.15) is 0 Å². The van der Waals surface area contributed by atoms with Gasteiger partial charge >= 0.3 is 0 Å². The number of hydrogen-bond donors (Lipinski definition) is 2. The van der Waals surface area contributed by atoms with Crippen LogP contribution >= 0.6 is 0 Å². The van der Waals surface area contributed by atoms with Gasteiger partial charge in [0, 0.05) is 30.9 Å². The van der Waals surface area contributed by atoms with Crippen LogP contribution in [0.2, 0.25) is 0 Å². The number of aromatic nitrogens is 3. The lowest BCUT2D eigenvalue weighted by Crippen LogP contribution is -2.26. The van der Waals surface area contributed by atoms with Gasteiger partial charge in [0.15, 0.2) is 0 Å². The molecule has 2 rings (SSSR count). The molecule has 2 aromatic heterocycles. The van der Waals surface area contributed by atoms with Gasteiger partial charge in [-0.1, -0.05) is 5.16 Å². The average Bonchev–Trinajstić information content (AvgIpc) is 3.00. The predicted octanol–water partition coefficient (Wildman–Crippen LogP) is 1.31. The first-order valence-electron chi connectivity index (χ1n) is 6.33. The number of imidazole rings is 1. The third kappa shape index (κ3) is 3.67. The van der Waals surface area contributed by atoms with Gasteiger partial charge in [0.2, 0.25) is 5.91 Å². The van der Waals surface area contributed by atoms with Crippen LogP contribution in [0.15, 0.2) is 16.9 Å². The van der Waals surface area contributed by atoms with Crippen LogP contribution in [0.1, 0.15) is 29.3 Å². The van der Waals surface area contributed by atoms with Gasteiger partial charge in [-0.3, -0.25) is 4.79 Å². The van der Waals surface area contributed by atoms with Crippen LogP contribution in [0.4, 0.5) is 0 Å². The smallest absolute Gasteiger partial charge is 0.224 e. The van der Waals surface area contributed by atoms with Crippen molar-refractivity contribution in [2.45, 2.75) is 33.1 Å². The van der Waals surface area contributed by atoms with Gasteiger partial charge in [0.25, 0.3) is 0 Å². The summed E-state index contributed by atoms with van der Waals surface area (Å²) in [6.45, 7) is 4.30. The lowest BCUT2D eigenvalue weighted by Gasteiger charge is -2.04. The largest absolute Gasteiger partial charge is 0.361 e. The lowest BCUT2D eigenvalue weighted by atomic mass is 10.1. The van der Waals surface area contributed by atoms with Crippen molar-refractivity contribution in [3.63, 3.8) is 0 Å². The topological polar surface area (TPSA) is 83.8 Å². The van der Waals surface area contributed by atoms with Gasteiger partial charge in [-0.15, -0.1) is 0 Å². The molecule has 0 aliphatic carbocycles. The maximum atomic E-state index is 11.8. The highest BCUT2D eigenvalue weighted by Gasteiger charge is 2.12. The Morgan fingerprint density at radius 2 is 2.32 bits per heavy atom. The maximum absolute atomic E-state index is 11.8. The number of amides is 1. The van der Waals surface area contributed by atoms with E-state index >= 15 is 0 Å². The quantitative estimate of drug-likeness (QED) is 0.769. The molecule has 2 aromatic rings. The number of nitrogens with one attached hydrogen (secondary N) is 2. The molecule has 6 nitrogen and oxygen atoms in total. The Kier molecular flexibility index (Phi) is 4.33. The Morgan fingerprint density at radius 3 is 2.95 bits per heavy atom. The van der Waals surface area contributed by atoms with Gasteiger partial charge < -0.3 is 14.8 Å². The van der Waals surface area contributed by atoms with Crippen molar-refractivity contribution >= 4 is 5.91 Å². The molecular weight excluding hydrogens is 244 g/mol. The highest BCUT2D eigenvalue weighted by molar-refractivity contribution is 5.78. The van der Waals surface area contributed by atoms with E-state index in [0.717, 1.165) is 29.9 Å². The molecule has 0 radical (unpaired) electrons. The van der Waals surface area contributed by atoms with E-state index in [4.69, 9.17) is 4.52 Å². The minimum Gasteiger partial charge on any atom is -0.361 e. The summed E-state index contributed by atoms with van der Waals surface area (Å²) in [6.07, 6.45) is 5.54. The molecule has 2 N–H and O–H groups in total. The molecule has 19 heavy (non-hydrogen) atoms. The monoisotopic (exact) mass is 262 g/mol. The van der Waals surface area contributed by atoms with Crippen molar-refractivity contribution in [1.29, 1.82) is 0 Å². The number of carbonyl (C=O) groups excluding carboxylic acids is 1. The molecule has 0 aromatic carbocycles. The van der Waals surface area contributed by atoms with Crippen molar-refractivity contribution in [3.05, 3.63) is 35.2 Å². The SMILES string of the molecule is Cc1noc(C)c1CC(=O)NCCCc1ncc[nH]1. The van der Waals surface area contributed by atoms with Crippen molar-refractivity contribution in [1.82, 2.24) is 20.4 Å². The van der Waals surface area contributed by atoms with Crippen LogP contribution in [0.3, 0.4) is 0 Å². The van der Waals surface area contributed by atoms with Crippen molar-refractivity contribution in [2.75, 3.05) is 6.54 Å². The Labute approximate surface area is 111 Å². The van der Waals surface area contributed by atoms with Crippen LogP contribution in [0.5, 0.6) is 0 Å². The van der Waals surface area contributed by atoms with Crippen LogP contribution in [0, 0.1) is 13.8 Å². The third-order valence-corrected chi connectivity index (χ3v) is 2.99. The standard InChI is InChI=1S/C13H18N4O2/c1-9-11(10(2)19-17-9)8-13(18)16-5-3-4-12-14-6-7-15-12/h6-7H,3-5,8H2,1-2H3,(H,14,15)(H,16,18). The van der Waals surface area contributed by atoms with Gasteiger partial charge in [-0.25, -0.2) is 4.98 Å². The van der Waals surface area contributed by atoms with E-state index in [1.54, 1.807) is 12.4 Å². The van der Waals surface area contributed by atoms with E-state index < -0.39 is 0 Å². The molecule has 6 heteroatoms. The lowest BCUT2D eigenvalue weighted by molar-refractivity contribution is -0.120. The zero-order chi connectivity index (χ0) is 13.7. The Morgan fingerprint density at radius 1 is 1.47 bits per heavy atom. The van der Waals surface area contributed by atoms with E-state index in [1.807, 2.05) is 13.8 Å². The third-order valence-electron chi connectivity index (χ3n) is 2.99. The number of H-pyrrole nitrogens is 1. The molecule has 1 amide bonds. The molecule has 0 unspecified atom stereocenters. The number of rotatable bonds is 6. The van der Waals surface area contributed by atoms with E-state index in [0.29, 0.717) is 18.7 Å². The first kappa shape index (κ1) is 13.3. The molecule has 0 fully saturated rings. The first-order valence-corrected chi connectivity index (χ1v) is 6.33. The number of aromatic amines is 1. The van der Waals surface area contributed by atoms with Crippen LogP contribution in [0.25, 0.3) is 0 Å². The summed E-state index contributed by atoms with van der Waals surface area (Å²) in [7, 11) is 0. The number of nitrogens with zero attached hydrogens (tertiary/aromatic N) is 2. The minimum atomic E-state index is -0.00570. The van der Waals surface area contributed by atoms with Gasteiger partial charge in [-0.05, 0) is 20.3 Å². The van der Waals surface area contributed by atoms with Crippen LogP contribution < -0.4 is 5.32 Å². The summed E-state index contributed by atoms with van der Waals surface area (Å²) in [5, 5.41) is 6.72. The second-order valence-corrected chi connectivity index (χ2v) is 4.47. The van der Waals surface area contributed by atoms with Crippen molar-refractivity contribution in [2.24, 2.45) is 0 Å². The molecule has 0 saturated carbocycles. The molecule has 0 aliphatic heterocycles. The number of carbonyl (C=O) groups is 1. The Balaban J connectivity index is 1.70. The fourth-order valence-corrected chi connectivity index (χ4v) is 1.90. The average molecular weight is 262 g/mol. The Hall–Kier alpha value is -2.11. The second-order valence-electron chi connectivity index (χ2n) is 4.47. The fraction of sp³-hybridized carbons (Fsp3) is 0.462. The van der Waals surface area contributed by atoms with Gasteiger partial charge in [0.05, 0.1) is 12.1 Å². The molecule has 102 valence electrons.